The van der Waals surface area contributed by atoms with Gasteiger partial charge in [-0.25, -0.2) is 4.79 Å². The second-order valence-electron chi connectivity index (χ2n) is 2.71. The first kappa shape index (κ1) is 11.2. The summed E-state index contributed by atoms with van der Waals surface area (Å²) in [5, 5.41) is 18.0. The van der Waals surface area contributed by atoms with Gasteiger partial charge in [-0.1, -0.05) is 25.8 Å². The Bertz CT molecular complexity index is 173. The Kier molecular flexibility index (Phi) is 5.37. The number of allylic oxidation sites excluding steroid dienone is 1. The highest BCUT2D eigenvalue weighted by Gasteiger charge is 2.15. The summed E-state index contributed by atoms with van der Waals surface area (Å²) in [6.45, 7) is 3.63. The van der Waals surface area contributed by atoms with Crippen LogP contribution in [0.5, 0.6) is 0 Å². The molecule has 0 aliphatic heterocycles. The zero-order valence-electron chi connectivity index (χ0n) is 7.58. The molecule has 0 saturated heterocycles. The van der Waals surface area contributed by atoms with E-state index in [9.17, 15) is 9.90 Å². The number of aliphatic hydroxyl groups is 1. The van der Waals surface area contributed by atoms with Gasteiger partial charge < -0.3 is 10.2 Å². The SMILES string of the molecule is C/C=C(/C(=O)O)C(O)CCCC. The smallest absolute Gasteiger partial charge is 0.333 e. The van der Waals surface area contributed by atoms with Crippen molar-refractivity contribution in [1.29, 1.82) is 0 Å². The molecule has 0 aromatic carbocycles. The van der Waals surface area contributed by atoms with E-state index in [1.165, 1.54) is 6.08 Å². The van der Waals surface area contributed by atoms with Crippen LogP contribution >= 0.6 is 0 Å². The van der Waals surface area contributed by atoms with Crippen molar-refractivity contribution in [1.82, 2.24) is 0 Å². The molecule has 0 rings (SSSR count). The largest absolute Gasteiger partial charge is 0.478 e. The topological polar surface area (TPSA) is 57.5 Å². The van der Waals surface area contributed by atoms with Gasteiger partial charge in [0, 0.05) is 0 Å². The van der Waals surface area contributed by atoms with Crippen molar-refractivity contribution in [2.75, 3.05) is 0 Å². The van der Waals surface area contributed by atoms with Gasteiger partial charge in [0.15, 0.2) is 0 Å². The Morgan fingerprint density at radius 2 is 2.17 bits per heavy atom. The van der Waals surface area contributed by atoms with Crippen LogP contribution in [0.15, 0.2) is 11.6 Å². The van der Waals surface area contributed by atoms with E-state index in [0.29, 0.717) is 6.42 Å². The Morgan fingerprint density at radius 3 is 2.50 bits per heavy atom. The number of carbonyl (C=O) groups is 1. The molecule has 3 heteroatoms. The number of carboxylic acid groups (broad SMARTS) is 1. The zero-order chi connectivity index (χ0) is 9.56. The summed E-state index contributed by atoms with van der Waals surface area (Å²) in [6.07, 6.45) is 2.98. The second-order valence-corrected chi connectivity index (χ2v) is 2.71. The summed E-state index contributed by atoms with van der Waals surface area (Å²) in [6, 6.07) is 0. The van der Waals surface area contributed by atoms with Crippen molar-refractivity contribution < 1.29 is 15.0 Å². The van der Waals surface area contributed by atoms with E-state index in [2.05, 4.69) is 0 Å². The Hall–Kier alpha value is -0.830. The third kappa shape index (κ3) is 3.53. The summed E-state index contributed by atoms with van der Waals surface area (Å²) >= 11 is 0. The van der Waals surface area contributed by atoms with Crippen LogP contribution in [0.2, 0.25) is 0 Å². The van der Waals surface area contributed by atoms with Crippen LogP contribution in [0.25, 0.3) is 0 Å². The normalized spacial score (nSPS) is 14.4. The van der Waals surface area contributed by atoms with Gasteiger partial charge in [-0.15, -0.1) is 0 Å². The van der Waals surface area contributed by atoms with E-state index in [4.69, 9.17) is 5.11 Å². The fraction of sp³-hybridized carbons (Fsp3) is 0.667. The first-order valence-corrected chi connectivity index (χ1v) is 4.21. The van der Waals surface area contributed by atoms with E-state index in [0.717, 1.165) is 12.8 Å². The minimum atomic E-state index is -1.03. The molecule has 0 heterocycles. The fourth-order valence-electron chi connectivity index (χ4n) is 1.01. The van der Waals surface area contributed by atoms with Gasteiger partial charge in [-0.2, -0.15) is 0 Å². The molecule has 1 unspecified atom stereocenters. The fourth-order valence-corrected chi connectivity index (χ4v) is 1.01. The van der Waals surface area contributed by atoms with Crippen molar-refractivity contribution >= 4 is 5.97 Å². The summed E-state index contributed by atoms with van der Waals surface area (Å²) in [4.78, 5) is 10.5. The Morgan fingerprint density at radius 1 is 1.58 bits per heavy atom. The van der Waals surface area contributed by atoms with Gasteiger partial charge in [0.05, 0.1) is 11.7 Å². The molecule has 0 saturated carbocycles. The van der Waals surface area contributed by atoms with Gasteiger partial charge in [0.2, 0.25) is 0 Å². The zero-order valence-corrected chi connectivity index (χ0v) is 7.58. The van der Waals surface area contributed by atoms with Crippen molar-refractivity contribution in [3.8, 4) is 0 Å². The van der Waals surface area contributed by atoms with Gasteiger partial charge >= 0.3 is 5.97 Å². The average Bonchev–Trinajstić information content (AvgIpc) is 2.01. The van der Waals surface area contributed by atoms with Crippen LogP contribution in [0.3, 0.4) is 0 Å². The maximum Gasteiger partial charge on any atom is 0.333 e. The molecular weight excluding hydrogens is 156 g/mol. The minimum Gasteiger partial charge on any atom is -0.478 e. The third-order valence-corrected chi connectivity index (χ3v) is 1.75. The second kappa shape index (κ2) is 5.77. The Balaban J connectivity index is 4.05. The first-order valence-electron chi connectivity index (χ1n) is 4.21. The highest BCUT2D eigenvalue weighted by Crippen LogP contribution is 2.10. The van der Waals surface area contributed by atoms with Crippen molar-refractivity contribution in [2.24, 2.45) is 0 Å². The lowest BCUT2D eigenvalue weighted by atomic mass is 10.0. The predicted molar refractivity (Wildman–Crippen MR) is 46.9 cm³/mol. The molecule has 0 amide bonds. The van der Waals surface area contributed by atoms with Gasteiger partial charge in [-0.3, -0.25) is 0 Å². The van der Waals surface area contributed by atoms with Crippen LogP contribution in [-0.4, -0.2) is 22.3 Å². The first-order chi connectivity index (χ1) is 5.63. The summed E-state index contributed by atoms with van der Waals surface area (Å²) < 4.78 is 0. The molecule has 0 aromatic rings. The van der Waals surface area contributed by atoms with Crippen LogP contribution in [-0.2, 0) is 4.79 Å². The van der Waals surface area contributed by atoms with Gasteiger partial charge in [-0.05, 0) is 13.3 Å². The average molecular weight is 172 g/mol. The number of aliphatic carboxylic acids is 1. The molecule has 0 fully saturated rings. The van der Waals surface area contributed by atoms with Crippen LogP contribution in [0, 0.1) is 0 Å². The van der Waals surface area contributed by atoms with E-state index in [1.807, 2.05) is 6.92 Å². The number of rotatable bonds is 5. The summed E-state index contributed by atoms with van der Waals surface area (Å²) in [7, 11) is 0. The number of unbranched alkanes of at least 4 members (excludes halogenated alkanes) is 1. The van der Waals surface area contributed by atoms with Crippen molar-refractivity contribution in [3.05, 3.63) is 11.6 Å². The molecule has 0 aliphatic carbocycles. The maximum atomic E-state index is 10.5. The lowest BCUT2D eigenvalue weighted by Crippen LogP contribution is -2.17. The molecule has 0 aliphatic rings. The molecule has 0 spiro atoms. The molecule has 3 nitrogen and oxygen atoms in total. The standard InChI is InChI=1S/C9H16O3/c1-3-5-6-8(10)7(4-2)9(11)12/h4,8,10H,3,5-6H2,1-2H3,(H,11,12)/b7-4+. The van der Waals surface area contributed by atoms with E-state index in [-0.39, 0.29) is 5.57 Å². The molecule has 12 heavy (non-hydrogen) atoms. The van der Waals surface area contributed by atoms with Gasteiger partial charge in [0.25, 0.3) is 0 Å². The van der Waals surface area contributed by atoms with Crippen molar-refractivity contribution in [3.63, 3.8) is 0 Å². The molecule has 0 radical (unpaired) electrons. The molecule has 1 atom stereocenters. The molecule has 0 aromatic heterocycles. The number of hydrogen-bond donors (Lipinski definition) is 2. The summed E-state index contributed by atoms with van der Waals surface area (Å²) in [5.41, 5.74) is 0.100. The lowest BCUT2D eigenvalue weighted by Gasteiger charge is -2.09. The van der Waals surface area contributed by atoms with Crippen molar-refractivity contribution in [2.45, 2.75) is 39.2 Å². The minimum absolute atomic E-state index is 0.100. The van der Waals surface area contributed by atoms with E-state index >= 15 is 0 Å². The molecular formula is C9H16O3. The number of carboxylic acids is 1. The highest BCUT2D eigenvalue weighted by molar-refractivity contribution is 5.87. The maximum absolute atomic E-state index is 10.5. The quantitative estimate of drug-likeness (QED) is 0.619. The summed E-state index contributed by atoms with van der Waals surface area (Å²) in [5.74, 6) is -1.03. The number of aliphatic hydroxyl groups excluding tert-OH is 1. The van der Waals surface area contributed by atoms with Gasteiger partial charge in [0.1, 0.15) is 0 Å². The molecule has 2 N–H and O–H groups in total. The highest BCUT2D eigenvalue weighted by atomic mass is 16.4. The number of hydrogen-bond acceptors (Lipinski definition) is 2. The monoisotopic (exact) mass is 172 g/mol. The lowest BCUT2D eigenvalue weighted by molar-refractivity contribution is -0.133. The van der Waals surface area contributed by atoms with Crippen LogP contribution in [0.1, 0.15) is 33.1 Å². The van der Waals surface area contributed by atoms with E-state index in [1.54, 1.807) is 6.92 Å². The van der Waals surface area contributed by atoms with Crippen LogP contribution < -0.4 is 0 Å². The van der Waals surface area contributed by atoms with Crippen LogP contribution in [0.4, 0.5) is 0 Å². The molecule has 0 bridgehead atoms. The predicted octanol–water partition coefficient (Wildman–Crippen LogP) is 1.57. The van der Waals surface area contributed by atoms with E-state index < -0.39 is 12.1 Å². The molecule has 70 valence electrons. The Labute approximate surface area is 72.7 Å². The third-order valence-electron chi connectivity index (χ3n) is 1.75.